The molecule has 6 aromatic rings. The molecule has 0 aliphatic carbocycles. The van der Waals surface area contributed by atoms with Gasteiger partial charge in [-0.15, -0.1) is 0 Å². The Labute approximate surface area is 286 Å². The number of aryl methyl sites for hydroxylation is 1. The quantitative estimate of drug-likeness (QED) is 0.154. The lowest BCUT2D eigenvalue weighted by atomic mass is 9.77. The molecule has 1 atom stereocenters. The van der Waals surface area contributed by atoms with E-state index >= 15 is 0 Å². The fourth-order valence-electron chi connectivity index (χ4n) is 7.02. The molecule has 6 aromatic carbocycles. The van der Waals surface area contributed by atoms with E-state index in [1.165, 1.54) is 16.7 Å². The van der Waals surface area contributed by atoms with Crippen LogP contribution in [0.15, 0.2) is 140 Å². The number of hydrogen-bond acceptors (Lipinski definition) is 6. The zero-order chi connectivity index (χ0) is 33.5. The topological polar surface area (TPSA) is 51.2 Å². The summed E-state index contributed by atoms with van der Waals surface area (Å²) in [7, 11) is 3.69. The molecule has 6 heteroatoms. The second-order valence-corrected chi connectivity index (χ2v) is 12.6. The van der Waals surface area contributed by atoms with Gasteiger partial charge in [0.05, 0.1) is 18.2 Å². The molecule has 0 N–H and O–H groups in total. The van der Waals surface area contributed by atoms with Crippen LogP contribution in [0.25, 0.3) is 0 Å². The first-order valence-electron chi connectivity index (χ1n) is 16.5. The number of methoxy groups -OCH3 is 1. The summed E-state index contributed by atoms with van der Waals surface area (Å²) in [6.07, 6.45) is 0. The van der Waals surface area contributed by atoms with Crippen molar-refractivity contribution in [3.63, 3.8) is 0 Å². The number of nitrogens with zero attached hydrogens (tertiary/aromatic N) is 2. The molecule has 0 amide bonds. The van der Waals surface area contributed by atoms with Crippen LogP contribution >= 0.6 is 0 Å². The van der Waals surface area contributed by atoms with Crippen molar-refractivity contribution in [3.05, 3.63) is 178 Å². The van der Waals surface area contributed by atoms with Gasteiger partial charge in [0.2, 0.25) is 0 Å². The van der Waals surface area contributed by atoms with Gasteiger partial charge in [0.15, 0.2) is 17.1 Å². The van der Waals surface area contributed by atoms with E-state index in [9.17, 15) is 4.79 Å². The molecule has 0 saturated carbocycles. The summed E-state index contributed by atoms with van der Waals surface area (Å²) in [6, 6.07) is 47.1. The van der Waals surface area contributed by atoms with E-state index in [0.29, 0.717) is 35.9 Å². The molecule has 2 aliphatic rings. The predicted octanol–water partition coefficient (Wildman–Crippen LogP) is 9.55. The highest BCUT2D eigenvalue weighted by Crippen LogP contribution is 2.59. The van der Waals surface area contributed by atoms with Gasteiger partial charge in [-0.2, -0.15) is 0 Å². The van der Waals surface area contributed by atoms with Crippen LogP contribution in [0.5, 0.6) is 17.2 Å². The molecule has 1 unspecified atom stereocenters. The normalized spacial score (nSPS) is 15.4. The van der Waals surface area contributed by atoms with E-state index in [0.717, 1.165) is 33.8 Å². The molecule has 0 aromatic heterocycles. The number of fused-ring (bicyclic) bond motifs is 6. The SMILES string of the molecule is COc1cc(N(Cc2ccccc2)Cc2ccccc2)cc2c1Oc1cc(N(C)c3ccc(C)cc3)ccc1C21OC(=O)c2ccccc21. The molecular formula is C43H36N2O4. The highest BCUT2D eigenvalue weighted by molar-refractivity contribution is 5.97. The van der Waals surface area contributed by atoms with Crippen molar-refractivity contribution in [3.8, 4) is 17.2 Å². The second-order valence-electron chi connectivity index (χ2n) is 12.6. The van der Waals surface area contributed by atoms with Crippen LogP contribution in [0.4, 0.5) is 17.1 Å². The van der Waals surface area contributed by atoms with Gasteiger partial charge >= 0.3 is 5.97 Å². The minimum absolute atomic E-state index is 0.370. The third-order valence-electron chi connectivity index (χ3n) is 9.57. The first-order valence-corrected chi connectivity index (χ1v) is 16.5. The number of esters is 1. The van der Waals surface area contributed by atoms with E-state index in [1.807, 2.05) is 61.6 Å². The lowest BCUT2D eigenvalue weighted by Gasteiger charge is -2.38. The second kappa shape index (κ2) is 12.2. The first-order chi connectivity index (χ1) is 23.9. The fraction of sp³-hybridized carbons (Fsp3) is 0.140. The average molecular weight is 645 g/mol. The highest BCUT2D eigenvalue weighted by Gasteiger charge is 2.54. The van der Waals surface area contributed by atoms with Crippen LogP contribution < -0.4 is 19.3 Å². The molecule has 6 nitrogen and oxygen atoms in total. The van der Waals surface area contributed by atoms with Gasteiger partial charge in [0.1, 0.15) is 5.75 Å². The van der Waals surface area contributed by atoms with Gasteiger partial charge in [0.25, 0.3) is 0 Å². The van der Waals surface area contributed by atoms with E-state index in [2.05, 4.69) is 102 Å². The van der Waals surface area contributed by atoms with Gasteiger partial charge in [-0.3, -0.25) is 0 Å². The maximum Gasteiger partial charge on any atom is 0.340 e. The van der Waals surface area contributed by atoms with Gasteiger partial charge in [0, 0.05) is 60.5 Å². The number of rotatable bonds is 8. The maximum atomic E-state index is 13.7. The summed E-state index contributed by atoms with van der Waals surface area (Å²) >= 11 is 0. The summed E-state index contributed by atoms with van der Waals surface area (Å²) < 4.78 is 19.5. The molecule has 49 heavy (non-hydrogen) atoms. The minimum atomic E-state index is -1.24. The minimum Gasteiger partial charge on any atom is -0.493 e. The molecular weight excluding hydrogens is 608 g/mol. The standard InChI is InChI=1S/C43H36N2O4/c1-29-18-20-32(21-19-29)44(2)33-22-23-37-39(25-33)48-41-38(43(37)36-17-11-10-16-35(36)42(46)49-43)24-34(26-40(41)47-3)45(27-30-12-6-4-7-13-30)28-31-14-8-5-9-15-31/h4-26H,27-28H2,1-3H3. The van der Waals surface area contributed by atoms with Crippen molar-refractivity contribution in [2.75, 3.05) is 24.0 Å². The number of ether oxygens (including phenoxy) is 3. The van der Waals surface area contributed by atoms with Crippen molar-refractivity contribution < 1.29 is 19.0 Å². The summed E-state index contributed by atoms with van der Waals surface area (Å²) in [5, 5.41) is 0. The lowest BCUT2D eigenvalue weighted by molar-refractivity contribution is 0.0223. The van der Waals surface area contributed by atoms with Crippen LogP contribution in [-0.2, 0) is 23.4 Å². The first kappa shape index (κ1) is 30.3. The predicted molar refractivity (Wildman–Crippen MR) is 193 cm³/mol. The van der Waals surface area contributed by atoms with Gasteiger partial charge in [-0.1, -0.05) is 96.6 Å². The van der Waals surface area contributed by atoms with Gasteiger partial charge < -0.3 is 24.0 Å². The molecule has 8 rings (SSSR count). The number of carbonyl (C=O) groups excluding carboxylic acids is 1. The Hall–Kier alpha value is -6.01. The highest BCUT2D eigenvalue weighted by atomic mass is 16.6. The molecule has 0 fully saturated rings. The van der Waals surface area contributed by atoms with Gasteiger partial charge in [-0.25, -0.2) is 4.79 Å². The number of anilines is 3. The third-order valence-corrected chi connectivity index (χ3v) is 9.57. The van der Waals surface area contributed by atoms with Crippen LogP contribution in [0.1, 0.15) is 43.7 Å². The maximum absolute atomic E-state index is 13.7. The molecule has 0 saturated heterocycles. The molecule has 0 radical (unpaired) electrons. The zero-order valence-electron chi connectivity index (χ0n) is 27.7. The Kier molecular flexibility index (Phi) is 7.56. The fourth-order valence-corrected chi connectivity index (χ4v) is 7.02. The smallest absolute Gasteiger partial charge is 0.340 e. The number of benzene rings is 6. The van der Waals surface area contributed by atoms with Crippen LogP contribution in [0.3, 0.4) is 0 Å². The third kappa shape index (κ3) is 5.26. The lowest BCUT2D eigenvalue weighted by Crippen LogP contribution is -2.34. The Morgan fingerprint density at radius 3 is 1.96 bits per heavy atom. The monoisotopic (exact) mass is 644 g/mol. The van der Waals surface area contributed by atoms with Crippen molar-refractivity contribution >= 4 is 23.0 Å². The average Bonchev–Trinajstić information content (AvgIpc) is 3.44. The molecule has 2 aliphatic heterocycles. The van der Waals surface area contributed by atoms with Crippen LogP contribution in [0, 0.1) is 6.92 Å². The van der Waals surface area contributed by atoms with Crippen LogP contribution in [-0.4, -0.2) is 20.1 Å². The molecule has 0 bridgehead atoms. The van der Waals surface area contributed by atoms with E-state index in [1.54, 1.807) is 7.11 Å². The number of hydrogen-bond donors (Lipinski definition) is 0. The van der Waals surface area contributed by atoms with Crippen molar-refractivity contribution in [2.45, 2.75) is 25.6 Å². The van der Waals surface area contributed by atoms with E-state index in [4.69, 9.17) is 14.2 Å². The molecule has 242 valence electrons. The Bertz CT molecular complexity index is 2120. The van der Waals surface area contributed by atoms with Crippen molar-refractivity contribution in [1.82, 2.24) is 0 Å². The Morgan fingerprint density at radius 2 is 1.29 bits per heavy atom. The van der Waals surface area contributed by atoms with Crippen molar-refractivity contribution in [1.29, 1.82) is 0 Å². The molecule has 1 spiro atoms. The van der Waals surface area contributed by atoms with Crippen LogP contribution in [0.2, 0.25) is 0 Å². The summed E-state index contributed by atoms with van der Waals surface area (Å²) in [4.78, 5) is 18.1. The molecule has 2 heterocycles. The van der Waals surface area contributed by atoms with E-state index < -0.39 is 5.60 Å². The Morgan fingerprint density at radius 1 is 0.653 bits per heavy atom. The van der Waals surface area contributed by atoms with Gasteiger partial charge in [-0.05, 0) is 54.4 Å². The van der Waals surface area contributed by atoms with E-state index in [-0.39, 0.29) is 5.97 Å². The summed E-state index contributed by atoms with van der Waals surface area (Å²) in [5.41, 5.74) is 8.01. The van der Waals surface area contributed by atoms with Crippen molar-refractivity contribution in [2.24, 2.45) is 0 Å². The Balaban J connectivity index is 1.31. The number of carbonyl (C=O) groups is 1. The zero-order valence-corrected chi connectivity index (χ0v) is 27.7. The largest absolute Gasteiger partial charge is 0.493 e. The summed E-state index contributed by atoms with van der Waals surface area (Å²) in [5.74, 6) is 1.31. The summed E-state index contributed by atoms with van der Waals surface area (Å²) in [6.45, 7) is 3.40.